The predicted octanol–water partition coefficient (Wildman–Crippen LogP) is 1.71. The minimum Gasteiger partial charge on any atom is -0.347 e. The summed E-state index contributed by atoms with van der Waals surface area (Å²) in [6.07, 6.45) is 2.24. The van der Waals surface area contributed by atoms with E-state index in [1.54, 1.807) is 9.80 Å². The van der Waals surface area contributed by atoms with Gasteiger partial charge in [-0.25, -0.2) is 17.6 Å². The quantitative estimate of drug-likeness (QED) is 0.634. The van der Waals surface area contributed by atoms with Gasteiger partial charge in [-0.1, -0.05) is 6.07 Å². The number of nitrogens with zero attached hydrogens (tertiary/aromatic N) is 3. The maximum atomic E-state index is 14.3. The summed E-state index contributed by atoms with van der Waals surface area (Å²) < 4.78 is 75.2. The Bertz CT molecular complexity index is 1140. The first-order chi connectivity index (χ1) is 15.8. The topological polar surface area (TPSA) is 90.0 Å². The summed E-state index contributed by atoms with van der Waals surface area (Å²) in [6.45, 7) is 3.55. The SMILES string of the molecule is O=C1CCCC2(CN(C(=O)N3CC4(CN(Cc5ccc(S(=O)(=O)C(F)(F)F)cc5F)C4)C3)C2)N1. The molecule has 8 nitrogen and oxygen atoms in total. The normalized spacial score (nSPS) is 23.8. The molecule has 3 amide bonds. The van der Waals surface area contributed by atoms with Gasteiger partial charge in [-0.05, 0) is 25.0 Å². The molecule has 5 rings (SSSR count). The van der Waals surface area contributed by atoms with Gasteiger partial charge in [-0.3, -0.25) is 9.69 Å². The van der Waals surface area contributed by atoms with E-state index in [1.165, 1.54) is 0 Å². The third-order valence-corrected chi connectivity index (χ3v) is 8.68. The maximum Gasteiger partial charge on any atom is 0.501 e. The van der Waals surface area contributed by atoms with Crippen LogP contribution in [-0.2, 0) is 21.2 Å². The zero-order valence-corrected chi connectivity index (χ0v) is 19.0. The summed E-state index contributed by atoms with van der Waals surface area (Å²) >= 11 is 0. The second kappa shape index (κ2) is 7.54. The lowest BCUT2D eigenvalue weighted by Gasteiger charge is -2.62. The van der Waals surface area contributed by atoms with Crippen LogP contribution in [0, 0.1) is 11.2 Å². The number of benzene rings is 1. The van der Waals surface area contributed by atoms with E-state index in [1.807, 2.05) is 4.90 Å². The minimum absolute atomic E-state index is 0.0314. The van der Waals surface area contributed by atoms with Gasteiger partial charge in [0.1, 0.15) is 5.82 Å². The molecule has 4 heterocycles. The van der Waals surface area contributed by atoms with Crippen LogP contribution >= 0.6 is 0 Å². The van der Waals surface area contributed by atoms with Crippen molar-refractivity contribution in [3.63, 3.8) is 0 Å². The molecule has 34 heavy (non-hydrogen) atoms. The molecular weight excluding hydrogens is 480 g/mol. The highest BCUT2D eigenvalue weighted by atomic mass is 32.2. The Kier molecular flexibility index (Phi) is 5.18. The van der Waals surface area contributed by atoms with Gasteiger partial charge in [0.25, 0.3) is 9.84 Å². The number of carbonyl (C=O) groups excluding carboxylic acids is 2. The number of rotatable bonds is 3. The van der Waals surface area contributed by atoms with E-state index in [2.05, 4.69) is 5.32 Å². The molecule has 0 atom stereocenters. The number of hydrogen-bond donors (Lipinski definition) is 1. The first kappa shape index (κ1) is 23.3. The van der Waals surface area contributed by atoms with E-state index >= 15 is 0 Å². The highest BCUT2D eigenvalue weighted by Gasteiger charge is 2.56. The second-order valence-corrected chi connectivity index (χ2v) is 12.0. The molecular formula is C21H24F4N4O4S. The molecule has 0 radical (unpaired) electrons. The molecule has 4 aliphatic heterocycles. The van der Waals surface area contributed by atoms with Gasteiger partial charge in [0, 0.05) is 63.2 Å². The Balaban J connectivity index is 1.10. The Labute approximate surface area is 193 Å². The Morgan fingerprint density at radius 1 is 1.06 bits per heavy atom. The third kappa shape index (κ3) is 3.82. The van der Waals surface area contributed by atoms with E-state index in [0.717, 1.165) is 25.0 Å². The van der Waals surface area contributed by atoms with Gasteiger partial charge in [0.2, 0.25) is 5.91 Å². The fraction of sp³-hybridized carbons (Fsp3) is 0.619. The van der Waals surface area contributed by atoms with Crippen molar-refractivity contribution in [3.05, 3.63) is 29.6 Å². The number of halogens is 4. The van der Waals surface area contributed by atoms with Crippen molar-refractivity contribution in [2.45, 2.75) is 41.7 Å². The number of alkyl halides is 3. The number of amides is 3. The van der Waals surface area contributed by atoms with Crippen LogP contribution in [-0.4, -0.2) is 85.4 Å². The number of carbonyl (C=O) groups is 2. The highest BCUT2D eigenvalue weighted by Crippen LogP contribution is 2.42. The fourth-order valence-electron chi connectivity index (χ4n) is 5.58. The fourth-order valence-corrected chi connectivity index (χ4v) is 6.35. The van der Waals surface area contributed by atoms with Gasteiger partial charge >= 0.3 is 11.5 Å². The molecule has 2 spiro atoms. The van der Waals surface area contributed by atoms with Gasteiger partial charge in [0.05, 0.1) is 10.4 Å². The first-order valence-corrected chi connectivity index (χ1v) is 12.5. The summed E-state index contributed by atoms with van der Waals surface area (Å²) in [7, 11) is -5.60. The van der Waals surface area contributed by atoms with Crippen LogP contribution in [0.1, 0.15) is 24.8 Å². The van der Waals surface area contributed by atoms with E-state index < -0.39 is 26.1 Å². The molecule has 1 aromatic carbocycles. The number of hydrogen-bond acceptors (Lipinski definition) is 5. The van der Waals surface area contributed by atoms with Crippen LogP contribution in [0.15, 0.2) is 23.1 Å². The van der Waals surface area contributed by atoms with Crippen molar-refractivity contribution < 1.29 is 35.6 Å². The van der Waals surface area contributed by atoms with Gasteiger partial charge in [-0.2, -0.15) is 13.2 Å². The van der Waals surface area contributed by atoms with Crippen molar-refractivity contribution in [1.82, 2.24) is 20.0 Å². The molecule has 4 aliphatic rings. The van der Waals surface area contributed by atoms with Crippen LogP contribution < -0.4 is 5.32 Å². The van der Waals surface area contributed by atoms with Gasteiger partial charge in [-0.15, -0.1) is 0 Å². The lowest BCUT2D eigenvalue weighted by atomic mass is 9.72. The molecule has 0 unspecified atom stereocenters. The molecule has 4 saturated heterocycles. The molecule has 186 valence electrons. The summed E-state index contributed by atoms with van der Waals surface area (Å²) in [5.74, 6) is -0.970. The first-order valence-electron chi connectivity index (χ1n) is 11.0. The number of nitrogens with one attached hydrogen (secondary N) is 1. The summed E-state index contributed by atoms with van der Waals surface area (Å²) in [6, 6.07) is 2.20. The lowest BCUT2D eigenvalue weighted by Crippen LogP contribution is -2.78. The van der Waals surface area contributed by atoms with Crippen molar-refractivity contribution >= 4 is 21.8 Å². The summed E-state index contributed by atoms with van der Waals surface area (Å²) in [4.78, 5) is 28.6. The number of urea groups is 1. The van der Waals surface area contributed by atoms with Crippen molar-refractivity contribution in [1.29, 1.82) is 0 Å². The minimum atomic E-state index is -5.60. The summed E-state index contributed by atoms with van der Waals surface area (Å²) in [5.41, 5.74) is -5.73. The Morgan fingerprint density at radius 2 is 1.71 bits per heavy atom. The van der Waals surface area contributed by atoms with Crippen molar-refractivity contribution in [3.8, 4) is 0 Å². The Hall–Kier alpha value is -2.41. The van der Waals surface area contributed by atoms with Crippen molar-refractivity contribution in [2.24, 2.45) is 5.41 Å². The molecule has 0 saturated carbocycles. The predicted molar refractivity (Wildman–Crippen MR) is 111 cm³/mol. The van der Waals surface area contributed by atoms with E-state index in [-0.39, 0.29) is 35.0 Å². The zero-order chi connectivity index (χ0) is 24.5. The van der Waals surface area contributed by atoms with Crippen molar-refractivity contribution in [2.75, 3.05) is 39.3 Å². The summed E-state index contributed by atoms with van der Waals surface area (Å²) in [5, 5.41) is 3.00. The van der Waals surface area contributed by atoms with Crippen LogP contribution in [0.5, 0.6) is 0 Å². The number of likely N-dealkylation sites (tertiary alicyclic amines) is 3. The lowest BCUT2D eigenvalue weighted by molar-refractivity contribution is -0.129. The molecule has 0 aliphatic carbocycles. The average Bonchev–Trinajstić information content (AvgIpc) is 2.66. The monoisotopic (exact) mass is 504 g/mol. The third-order valence-electron chi connectivity index (χ3n) is 7.20. The standard InChI is InChI=1S/C21H24F4N4O4S/c22-16-6-15(34(32,33)21(23,24)25)4-3-14(16)7-27-8-19(9-27)10-28(11-19)18(31)29-12-20(13-29)5-1-2-17(30)26-20/h3-4,6H,1-2,5,7-13H2,(H,26,30). The van der Waals surface area contributed by atoms with Crippen LogP contribution in [0.3, 0.4) is 0 Å². The largest absolute Gasteiger partial charge is 0.501 e. The van der Waals surface area contributed by atoms with Crippen LogP contribution in [0.2, 0.25) is 0 Å². The van der Waals surface area contributed by atoms with E-state index in [4.69, 9.17) is 0 Å². The highest BCUT2D eigenvalue weighted by molar-refractivity contribution is 7.92. The molecule has 0 aromatic heterocycles. The van der Waals surface area contributed by atoms with Crippen LogP contribution in [0.25, 0.3) is 0 Å². The van der Waals surface area contributed by atoms with Gasteiger partial charge in [0.15, 0.2) is 0 Å². The Morgan fingerprint density at radius 3 is 2.29 bits per heavy atom. The molecule has 0 bridgehead atoms. The molecule has 1 aromatic rings. The number of sulfone groups is 1. The van der Waals surface area contributed by atoms with Gasteiger partial charge < -0.3 is 15.1 Å². The molecule has 1 N–H and O–H groups in total. The number of piperidine rings is 1. The average molecular weight is 505 g/mol. The van der Waals surface area contributed by atoms with Crippen LogP contribution in [0.4, 0.5) is 22.4 Å². The van der Waals surface area contributed by atoms with E-state index in [0.29, 0.717) is 51.8 Å². The molecule has 13 heteroatoms. The second-order valence-electron chi connectivity index (χ2n) is 10.0. The smallest absolute Gasteiger partial charge is 0.347 e. The zero-order valence-electron chi connectivity index (χ0n) is 18.2. The van der Waals surface area contributed by atoms with E-state index in [9.17, 15) is 35.6 Å². The maximum absolute atomic E-state index is 14.3. The molecule has 4 fully saturated rings.